The third-order valence-electron chi connectivity index (χ3n) is 5.95. The van der Waals surface area contributed by atoms with Crippen LogP contribution in [0.2, 0.25) is 0 Å². The van der Waals surface area contributed by atoms with Crippen molar-refractivity contribution >= 4 is 23.0 Å². The highest BCUT2D eigenvalue weighted by atomic mass is 16.5. The van der Waals surface area contributed by atoms with Crippen LogP contribution in [0.5, 0.6) is 11.5 Å². The Balaban J connectivity index is 1.46. The predicted octanol–water partition coefficient (Wildman–Crippen LogP) is 4.37. The average Bonchev–Trinajstić information content (AvgIpc) is 3.25. The van der Waals surface area contributed by atoms with E-state index in [2.05, 4.69) is 20.6 Å². The maximum absolute atomic E-state index is 13.0. The average molecular weight is 437 g/mol. The van der Waals surface area contributed by atoms with Gasteiger partial charge in [-0.25, -0.2) is 9.78 Å². The lowest BCUT2D eigenvalue weighted by atomic mass is 9.89. The van der Waals surface area contributed by atoms with Crippen molar-refractivity contribution in [2.45, 2.75) is 57.0 Å². The summed E-state index contributed by atoms with van der Waals surface area (Å²) in [5.41, 5.74) is 0.307. The first-order valence-electron chi connectivity index (χ1n) is 10.9. The molecule has 0 bridgehead atoms. The molecule has 1 aromatic carbocycles. The van der Waals surface area contributed by atoms with Crippen LogP contribution in [0.3, 0.4) is 0 Å². The van der Waals surface area contributed by atoms with Gasteiger partial charge < -0.3 is 25.5 Å². The van der Waals surface area contributed by atoms with Gasteiger partial charge in [0.05, 0.1) is 5.39 Å². The molecule has 1 unspecified atom stereocenters. The minimum Gasteiger partial charge on any atom is -0.465 e. The van der Waals surface area contributed by atoms with Gasteiger partial charge in [0.25, 0.3) is 0 Å². The lowest BCUT2D eigenvalue weighted by molar-refractivity contribution is -0.127. The number of H-pyrrole nitrogens is 1. The van der Waals surface area contributed by atoms with E-state index >= 15 is 0 Å². The number of pyridine rings is 1. The highest BCUT2D eigenvalue weighted by molar-refractivity contribution is 5.89. The fourth-order valence-corrected chi connectivity index (χ4v) is 4.24. The van der Waals surface area contributed by atoms with Crippen LogP contribution in [0, 0.1) is 0 Å². The number of carbonyl (C=O) groups is 2. The second-order valence-electron chi connectivity index (χ2n) is 8.54. The molecule has 0 radical (unpaired) electrons. The first kappa shape index (κ1) is 21.7. The minimum atomic E-state index is -1.27. The minimum absolute atomic E-state index is 0.104. The van der Waals surface area contributed by atoms with E-state index in [-0.39, 0.29) is 18.4 Å². The molecule has 0 saturated heterocycles. The summed E-state index contributed by atoms with van der Waals surface area (Å²) in [4.78, 5) is 31.7. The molecule has 8 heteroatoms. The maximum Gasteiger partial charge on any atom is 0.405 e. The van der Waals surface area contributed by atoms with E-state index in [1.165, 1.54) is 6.42 Å². The predicted molar refractivity (Wildman–Crippen MR) is 121 cm³/mol. The molecule has 1 aliphatic carbocycles. The molecule has 1 atom stereocenters. The number of amides is 2. The van der Waals surface area contributed by atoms with Gasteiger partial charge in [0, 0.05) is 24.9 Å². The zero-order valence-electron chi connectivity index (χ0n) is 18.1. The van der Waals surface area contributed by atoms with Gasteiger partial charge in [-0.05, 0) is 49.6 Å². The monoisotopic (exact) mass is 436 g/mol. The standard InChI is InChI=1S/C24H28N4O4/c1-24(28-23(30)31,22(29)27-17-5-3-2-4-6-17)15-16-7-9-18(10-8-16)32-20-12-14-26-21-19(20)11-13-25-21/h7-14,17,28H,2-6,15H2,1H3,(H,25,26)(H,27,29)(H,30,31). The van der Waals surface area contributed by atoms with Gasteiger partial charge in [-0.15, -0.1) is 0 Å². The van der Waals surface area contributed by atoms with E-state index < -0.39 is 11.6 Å². The van der Waals surface area contributed by atoms with Crippen molar-refractivity contribution in [2.75, 3.05) is 0 Å². The summed E-state index contributed by atoms with van der Waals surface area (Å²) in [5.74, 6) is 1.04. The first-order chi connectivity index (χ1) is 15.4. The summed E-state index contributed by atoms with van der Waals surface area (Å²) in [6, 6.07) is 11.1. The van der Waals surface area contributed by atoms with Crippen LogP contribution in [-0.4, -0.2) is 38.7 Å². The van der Waals surface area contributed by atoms with E-state index in [4.69, 9.17) is 4.74 Å². The van der Waals surface area contributed by atoms with Crippen LogP contribution < -0.4 is 15.4 Å². The summed E-state index contributed by atoms with van der Waals surface area (Å²) < 4.78 is 6.00. The molecule has 1 aliphatic rings. The smallest absolute Gasteiger partial charge is 0.405 e. The van der Waals surface area contributed by atoms with E-state index in [0.29, 0.717) is 11.5 Å². The Hall–Kier alpha value is -3.55. The van der Waals surface area contributed by atoms with Gasteiger partial charge in [-0.2, -0.15) is 0 Å². The molecule has 4 rings (SSSR count). The number of nitrogens with zero attached hydrogens (tertiary/aromatic N) is 1. The number of aromatic amines is 1. The number of fused-ring (bicyclic) bond motifs is 1. The van der Waals surface area contributed by atoms with Crippen molar-refractivity contribution in [3.8, 4) is 11.5 Å². The Morgan fingerprint density at radius 2 is 1.91 bits per heavy atom. The fraction of sp³-hybridized carbons (Fsp3) is 0.375. The second-order valence-corrected chi connectivity index (χ2v) is 8.54. The Morgan fingerprint density at radius 1 is 1.16 bits per heavy atom. The molecule has 3 aromatic rings. The zero-order valence-corrected chi connectivity index (χ0v) is 18.1. The van der Waals surface area contributed by atoms with Gasteiger partial charge in [0.15, 0.2) is 0 Å². The van der Waals surface area contributed by atoms with Crippen molar-refractivity contribution in [3.63, 3.8) is 0 Å². The molecule has 32 heavy (non-hydrogen) atoms. The highest BCUT2D eigenvalue weighted by Gasteiger charge is 2.36. The normalized spacial score (nSPS) is 16.3. The number of nitrogens with one attached hydrogen (secondary N) is 3. The van der Waals surface area contributed by atoms with Gasteiger partial charge in [0.1, 0.15) is 22.7 Å². The van der Waals surface area contributed by atoms with Crippen LogP contribution in [0.1, 0.15) is 44.6 Å². The molecule has 1 fully saturated rings. The van der Waals surface area contributed by atoms with E-state index in [9.17, 15) is 14.7 Å². The highest BCUT2D eigenvalue weighted by Crippen LogP contribution is 2.29. The van der Waals surface area contributed by atoms with Gasteiger partial charge >= 0.3 is 6.09 Å². The van der Waals surface area contributed by atoms with Crippen LogP contribution in [0.25, 0.3) is 11.0 Å². The van der Waals surface area contributed by atoms with Crippen LogP contribution in [0.4, 0.5) is 4.79 Å². The molecule has 168 valence electrons. The lowest BCUT2D eigenvalue weighted by Gasteiger charge is -2.32. The summed E-state index contributed by atoms with van der Waals surface area (Å²) >= 11 is 0. The van der Waals surface area contributed by atoms with E-state index in [1.807, 2.05) is 36.5 Å². The fourth-order valence-electron chi connectivity index (χ4n) is 4.24. The number of hydrogen-bond acceptors (Lipinski definition) is 4. The molecule has 0 spiro atoms. The Labute approximate surface area is 186 Å². The zero-order chi connectivity index (χ0) is 22.6. The first-order valence-corrected chi connectivity index (χ1v) is 10.9. The molecule has 4 N–H and O–H groups in total. The largest absolute Gasteiger partial charge is 0.465 e. The summed E-state index contributed by atoms with van der Waals surface area (Å²) in [5, 5.41) is 15.7. The van der Waals surface area contributed by atoms with Gasteiger partial charge in [-0.3, -0.25) is 4.79 Å². The number of aromatic nitrogens is 2. The van der Waals surface area contributed by atoms with Crippen LogP contribution in [0.15, 0.2) is 48.8 Å². The number of hydrogen-bond donors (Lipinski definition) is 4. The van der Waals surface area contributed by atoms with E-state index in [1.54, 1.807) is 19.2 Å². The molecular weight excluding hydrogens is 408 g/mol. The lowest BCUT2D eigenvalue weighted by Crippen LogP contribution is -2.59. The number of benzene rings is 1. The van der Waals surface area contributed by atoms with Crippen molar-refractivity contribution in [2.24, 2.45) is 0 Å². The molecule has 2 heterocycles. The third-order valence-corrected chi connectivity index (χ3v) is 5.95. The molecule has 2 amide bonds. The van der Waals surface area contributed by atoms with Crippen molar-refractivity contribution in [3.05, 3.63) is 54.4 Å². The molecular formula is C24H28N4O4. The van der Waals surface area contributed by atoms with Gasteiger partial charge in [0.2, 0.25) is 5.91 Å². The SMILES string of the molecule is CC(Cc1ccc(Oc2ccnc3[nH]ccc23)cc1)(NC(=O)O)C(=O)NC1CCCCC1. The second kappa shape index (κ2) is 9.30. The van der Waals surface area contributed by atoms with Crippen LogP contribution in [-0.2, 0) is 11.2 Å². The quantitative estimate of drug-likeness (QED) is 0.439. The third kappa shape index (κ3) is 5.01. The topological polar surface area (TPSA) is 116 Å². The summed E-state index contributed by atoms with van der Waals surface area (Å²) in [6.07, 6.45) is 7.72. The Morgan fingerprint density at radius 3 is 2.62 bits per heavy atom. The number of rotatable bonds is 7. The number of ether oxygens (including phenoxy) is 1. The molecule has 8 nitrogen and oxygen atoms in total. The van der Waals surface area contributed by atoms with Crippen molar-refractivity contribution in [1.82, 2.24) is 20.6 Å². The molecule has 0 aliphatic heterocycles. The Kier molecular flexibility index (Phi) is 6.30. The summed E-state index contributed by atoms with van der Waals surface area (Å²) in [6.45, 7) is 1.63. The van der Waals surface area contributed by atoms with Crippen molar-refractivity contribution in [1.29, 1.82) is 0 Å². The summed E-state index contributed by atoms with van der Waals surface area (Å²) in [7, 11) is 0. The maximum atomic E-state index is 13.0. The number of carbonyl (C=O) groups excluding carboxylic acids is 1. The Bertz CT molecular complexity index is 1090. The number of carboxylic acid groups (broad SMARTS) is 1. The van der Waals surface area contributed by atoms with Gasteiger partial charge in [-0.1, -0.05) is 31.4 Å². The van der Waals surface area contributed by atoms with Crippen molar-refractivity contribution < 1.29 is 19.4 Å². The van der Waals surface area contributed by atoms with Crippen LogP contribution >= 0.6 is 0 Å². The molecule has 2 aromatic heterocycles. The molecule has 1 saturated carbocycles. The van der Waals surface area contributed by atoms with E-state index in [0.717, 1.165) is 42.3 Å².